The van der Waals surface area contributed by atoms with E-state index >= 15 is 0 Å². The van der Waals surface area contributed by atoms with E-state index in [1.165, 1.54) is 0 Å². The number of rotatable bonds is 4. The van der Waals surface area contributed by atoms with Crippen LogP contribution in [0.4, 0.5) is 10.5 Å². The summed E-state index contributed by atoms with van der Waals surface area (Å²) >= 11 is 1.63. The molecule has 0 radical (unpaired) electrons. The number of amides is 2. The van der Waals surface area contributed by atoms with Gasteiger partial charge < -0.3 is 10.6 Å². The van der Waals surface area contributed by atoms with Crippen LogP contribution in [0.1, 0.15) is 10.7 Å². The summed E-state index contributed by atoms with van der Waals surface area (Å²) in [5.41, 5.74) is 1.81. The smallest absolute Gasteiger partial charge is 0.319 e. The second kappa shape index (κ2) is 6.58. The molecule has 0 saturated heterocycles. The summed E-state index contributed by atoms with van der Waals surface area (Å²) in [6.45, 7) is 2.55. The summed E-state index contributed by atoms with van der Waals surface area (Å²) in [6, 6.07) is 13.8. The third-order valence-corrected chi connectivity index (χ3v) is 4.16. The normalized spacial score (nSPS) is 10.6. The van der Waals surface area contributed by atoms with E-state index in [2.05, 4.69) is 21.7 Å². The van der Waals surface area contributed by atoms with Crippen molar-refractivity contribution in [3.05, 3.63) is 58.5 Å². The SMILES string of the molecule is Cc1nc(CCNC(=O)Nc2ccc3ccccc3c2)cs1. The van der Waals surface area contributed by atoms with E-state index in [-0.39, 0.29) is 6.03 Å². The van der Waals surface area contributed by atoms with Crippen LogP contribution in [0.25, 0.3) is 10.8 Å². The Morgan fingerprint density at radius 3 is 2.77 bits per heavy atom. The molecule has 112 valence electrons. The van der Waals surface area contributed by atoms with E-state index in [1.54, 1.807) is 11.3 Å². The third-order valence-electron chi connectivity index (χ3n) is 3.34. The van der Waals surface area contributed by atoms with Gasteiger partial charge in [0.1, 0.15) is 0 Å². The van der Waals surface area contributed by atoms with Crippen molar-refractivity contribution >= 4 is 33.8 Å². The fourth-order valence-corrected chi connectivity index (χ4v) is 2.92. The number of hydrogen-bond acceptors (Lipinski definition) is 3. The molecule has 0 unspecified atom stereocenters. The summed E-state index contributed by atoms with van der Waals surface area (Å²) in [7, 11) is 0. The second-order valence-corrected chi connectivity index (χ2v) is 6.11. The van der Waals surface area contributed by atoms with Gasteiger partial charge in [-0.3, -0.25) is 0 Å². The fraction of sp³-hybridized carbons (Fsp3) is 0.176. The van der Waals surface area contributed by atoms with Crippen LogP contribution < -0.4 is 10.6 Å². The molecule has 2 N–H and O–H groups in total. The molecule has 0 bridgehead atoms. The van der Waals surface area contributed by atoms with E-state index in [0.717, 1.165) is 33.6 Å². The zero-order valence-electron chi connectivity index (χ0n) is 12.3. The topological polar surface area (TPSA) is 54.0 Å². The first-order valence-corrected chi connectivity index (χ1v) is 8.03. The zero-order chi connectivity index (χ0) is 15.4. The molecule has 0 aliphatic rings. The van der Waals surface area contributed by atoms with E-state index in [4.69, 9.17) is 0 Å². The Balaban J connectivity index is 1.54. The Morgan fingerprint density at radius 2 is 2.00 bits per heavy atom. The van der Waals surface area contributed by atoms with Gasteiger partial charge in [0, 0.05) is 24.0 Å². The van der Waals surface area contributed by atoms with Gasteiger partial charge in [-0.1, -0.05) is 30.3 Å². The molecule has 0 aliphatic carbocycles. The van der Waals surface area contributed by atoms with Crippen molar-refractivity contribution < 1.29 is 4.79 Å². The fourth-order valence-electron chi connectivity index (χ4n) is 2.27. The number of nitrogens with zero attached hydrogens (tertiary/aromatic N) is 1. The molecule has 2 amide bonds. The molecule has 0 saturated carbocycles. The maximum absolute atomic E-state index is 11.9. The van der Waals surface area contributed by atoms with Crippen LogP contribution in [0, 0.1) is 6.92 Å². The molecular weight excluding hydrogens is 294 g/mol. The molecule has 1 aromatic heterocycles. The molecule has 22 heavy (non-hydrogen) atoms. The molecule has 0 fully saturated rings. The van der Waals surface area contributed by atoms with Crippen LogP contribution in [0.15, 0.2) is 47.8 Å². The highest BCUT2D eigenvalue weighted by Crippen LogP contribution is 2.18. The van der Waals surface area contributed by atoms with E-state index < -0.39 is 0 Å². The first kappa shape index (κ1) is 14.5. The van der Waals surface area contributed by atoms with Crippen LogP contribution >= 0.6 is 11.3 Å². The molecule has 3 rings (SSSR count). The molecule has 0 spiro atoms. The van der Waals surface area contributed by atoms with Gasteiger partial charge in [0.25, 0.3) is 0 Å². The van der Waals surface area contributed by atoms with Crippen molar-refractivity contribution in [1.29, 1.82) is 0 Å². The van der Waals surface area contributed by atoms with Gasteiger partial charge >= 0.3 is 6.03 Å². The van der Waals surface area contributed by atoms with Crippen LogP contribution in [-0.4, -0.2) is 17.6 Å². The second-order valence-electron chi connectivity index (χ2n) is 5.05. The van der Waals surface area contributed by atoms with Gasteiger partial charge in [-0.2, -0.15) is 0 Å². The summed E-state index contributed by atoms with van der Waals surface area (Å²) in [5.74, 6) is 0. The minimum absolute atomic E-state index is 0.192. The van der Waals surface area contributed by atoms with Crippen LogP contribution in [0.2, 0.25) is 0 Å². The number of carbonyl (C=O) groups excluding carboxylic acids is 1. The lowest BCUT2D eigenvalue weighted by molar-refractivity contribution is 0.252. The van der Waals surface area contributed by atoms with Gasteiger partial charge in [0.05, 0.1) is 10.7 Å². The lowest BCUT2D eigenvalue weighted by Gasteiger charge is -2.08. The van der Waals surface area contributed by atoms with Gasteiger partial charge in [-0.05, 0) is 29.8 Å². The van der Waals surface area contributed by atoms with Crippen LogP contribution in [0.3, 0.4) is 0 Å². The molecule has 0 atom stereocenters. The molecule has 5 heteroatoms. The molecular formula is C17H17N3OS. The number of hydrogen-bond donors (Lipinski definition) is 2. The Hall–Kier alpha value is -2.40. The Morgan fingerprint density at radius 1 is 1.18 bits per heavy atom. The lowest BCUT2D eigenvalue weighted by Crippen LogP contribution is -2.30. The van der Waals surface area contributed by atoms with Gasteiger partial charge in [0.15, 0.2) is 0 Å². The Bertz CT molecular complexity index is 797. The zero-order valence-corrected chi connectivity index (χ0v) is 13.1. The van der Waals surface area contributed by atoms with Crippen LogP contribution in [0.5, 0.6) is 0 Å². The first-order chi connectivity index (χ1) is 10.7. The summed E-state index contributed by atoms with van der Waals surface area (Å²) in [6.07, 6.45) is 0.746. The van der Waals surface area contributed by atoms with Gasteiger partial charge in [-0.15, -0.1) is 11.3 Å². The van der Waals surface area contributed by atoms with Crippen molar-refractivity contribution in [2.24, 2.45) is 0 Å². The van der Waals surface area contributed by atoms with E-state index in [9.17, 15) is 4.79 Å². The highest BCUT2D eigenvalue weighted by Gasteiger charge is 2.03. The molecule has 4 nitrogen and oxygen atoms in total. The maximum Gasteiger partial charge on any atom is 0.319 e. The molecule has 0 aliphatic heterocycles. The number of fused-ring (bicyclic) bond motifs is 1. The highest BCUT2D eigenvalue weighted by molar-refractivity contribution is 7.09. The van der Waals surface area contributed by atoms with Gasteiger partial charge in [0.2, 0.25) is 0 Å². The summed E-state index contributed by atoms with van der Waals surface area (Å²) in [4.78, 5) is 16.3. The predicted molar refractivity (Wildman–Crippen MR) is 91.5 cm³/mol. The van der Waals surface area contributed by atoms with Gasteiger partial charge in [-0.25, -0.2) is 9.78 Å². The van der Waals surface area contributed by atoms with Crippen molar-refractivity contribution in [1.82, 2.24) is 10.3 Å². The molecule has 2 aromatic carbocycles. The lowest BCUT2D eigenvalue weighted by atomic mass is 10.1. The maximum atomic E-state index is 11.9. The average molecular weight is 311 g/mol. The van der Waals surface area contributed by atoms with Crippen molar-refractivity contribution in [3.63, 3.8) is 0 Å². The minimum atomic E-state index is -0.192. The molecule has 3 aromatic rings. The monoisotopic (exact) mass is 311 g/mol. The summed E-state index contributed by atoms with van der Waals surface area (Å²) in [5, 5.41) is 11.1. The first-order valence-electron chi connectivity index (χ1n) is 7.15. The number of benzene rings is 2. The number of nitrogens with one attached hydrogen (secondary N) is 2. The minimum Gasteiger partial charge on any atom is -0.337 e. The van der Waals surface area contributed by atoms with Crippen molar-refractivity contribution in [3.8, 4) is 0 Å². The number of carbonyl (C=O) groups is 1. The average Bonchev–Trinajstić information content (AvgIpc) is 2.92. The number of anilines is 1. The van der Waals surface area contributed by atoms with Crippen molar-refractivity contribution in [2.45, 2.75) is 13.3 Å². The number of thiazole rings is 1. The van der Waals surface area contributed by atoms with Crippen LogP contribution in [-0.2, 0) is 6.42 Å². The van der Waals surface area contributed by atoms with E-state index in [1.807, 2.05) is 48.7 Å². The Kier molecular flexibility index (Phi) is 4.34. The highest BCUT2D eigenvalue weighted by atomic mass is 32.1. The number of urea groups is 1. The number of aromatic nitrogens is 1. The van der Waals surface area contributed by atoms with E-state index in [0.29, 0.717) is 6.54 Å². The largest absolute Gasteiger partial charge is 0.337 e. The standard InChI is InChI=1S/C17H17N3OS/c1-12-19-16(11-22-12)8-9-18-17(21)20-15-7-6-13-4-2-3-5-14(13)10-15/h2-7,10-11H,8-9H2,1H3,(H2,18,20,21). The molecule has 1 heterocycles. The van der Waals surface area contributed by atoms with Crippen molar-refractivity contribution in [2.75, 3.05) is 11.9 Å². The predicted octanol–water partition coefficient (Wildman–Crippen LogP) is 3.97. The quantitative estimate of drug-likeness (QED) is 0.766. The summed E-state index contributed by atoms with van der Waals surface area (Å²) < 4.78 is 0. The third kappa shape index (κ3) is 3.62. The Labute approximate surface area is 133 Å². The number of aryl methyl sites for hydroxylation is 1.